The maximum absolute atomic E-state index is 13.7. The Hall–Kier alpha value is -2.04. The number of alkyl halides is 1. The van der Waals surface area contributed by atoms with Gasteiger partial charge in [0.25, 0.3) is 0 Å². The van der Waals surface area contributed by atoms with E-state index in [-0.39, 0.29) is 37.3 Å². The molecule has 2 atom stereocenters. The van der Waals surface area contributed by atoms with Crippen molar-refractivity contribution in [2.45, 2.75) is 31.5 Å². The topological polar surface area (TPSA) is 37.4 Å². The van der Waals surface area contributed by atoms with Crippen LogP contribution in [0, 0.1) is 5.82 Å². The molecular weight excluding hydrogens is 276 g/mol. The van der Waals surface area contributed by atoms with E-state index in [0.717, 1.165) is 0 Å². The molecule has 1 saturated heterocycles. The summed E-state index contributed by atoms with van der Waals surface area (Å²) in [6, 6.07) is 5.36. The van der Waals surface area contributed by atoms with Crippen molar-refractivity contribution >= 4 is 12.2 Å². The van der Waals surface area contributed by atoms with E-state index in [0.29, 0.717) is 11.8 Å². The van der Waals surface area contributed by atoms with E-state index in [2.05, 4.69) is 6.58 Å². The van der Waals surface area contributed by atoms with E-state index >= 15 is 0 Å². The smallest absolute Gasteiger partial charge is 0.249 e. The molecule has 5 heteroatoms. The first-order chi connectivity index (χ1) is 10.0. The van der Waals surface area contributed by atoms with Gasteiger partial charge >= 0.3 is 0 Å². The van der Waals surface area contributed by atoms with Gasteiger partial charge in [-0.3, -0.25) is 4.79 Å². The largest absolute Gasteiger partial charge is 0.329 e. The number of amides is 1. The van der Waals surface area contributed by atoms with Crippen molar-refractivity contribution in [3.8, 4) is 0 Å². The minimum absolute atomic E-state index is 0.0277. The van der Waals surface area contributed by atoms with Gasteiger partial charge in [0.1, 0.15) is 18.3 Å². The second kappa shape index (κ2) is 6.61. The van der Waals surface area contributed by atoms with Gasteiger partial charge in [-0.25, -0.2) is 8.78 Å². The molecule has 0 aliphatic carbocycles. The Balaban J connectivity index is 2.18. The van der Waals surface area contributed by atoms with Crippen LogP contribution < -0.4 is 0 Å². The Kier molecular flexibility index (Phi) is 4.83. The van der Waals surface area contributed by atoms with Crippen molar-refractivity contribution in [3.05, 3.63) is 47.8 Å². The number of nitrogens with zero attached hydrogens (tertiary/aromatic N) is 1. The third-order valence-electron chi connectivity index (χ3n) is 3.61. The number of benzene rings is 1. The quantitative estimate of drug-likeness (QED) is 0.618. The zero-order valence-corrected chi connectivity index (χ0v) is 11.6. The van der Waals surface area contributed by atoms with E-state index in [1.54, 1.807) is 12.1 Å². The van der Waals surface area contributed by atoms with Crippen LogP contribution in [0.15, 0.2) is 36.4 Å². The van der Waals surface area contributed by atoms with E-state index in [1.165, 1.54) is 17.0 Å². The summed E-state index contributed by atoms with van der Waals surface area (Å²) in [7, 11) is 0. The van der Waals surface area contributed by atoms with Crippen LogP contribution in [0.4, 0.5) is 8.78 Å². The minimum Gasteiger partial charge on any atom is -0.329 e. The van der Waals surface area contributed by atoms with Crippen LogP contribution in [-0.2, 0) is 9.59 Å². The van der Waals surface area contributed by atoms with Crippen molar-refractivity contribution in [1.82, 2.24) is 4.90 Å². The van der Waals surface area contributed by atoms with E-state index in [4.69, 9.17) is 0 Å². The molecule has 0 spiro atoms. The van der Waals surface area contributed by atoms with Gasteiger partial charge in [0.2, 0.25) is 5.91 Å². The van der Waals surface area contributed by atoms with E-state index in [9.17, 15) is 18.4 Å². The number of carbonyl (C=O) groups excluding carboxylic acids is 2. The lowest BCUT2D eigenvalue weighted by atomic mass is 10.0. The molecule has 0 radical (unpaired) electrons. The summed E-state index contributed by atoms with van der Waals surface area (Å²) in [6.07, 6.45) is 0.190. The molecule has 2 rings (SSSR count). The highest BCUT2D eigenvalue weighted by Gasteiger charge is 2.36. The van der Waals surface area contributed by atoms with Gasteiger partial charge in [-0.05, 0) is 24.1 Å². The molecule has 0 aromatic heterocycles. The van der Waals surface area contributed by atoms with Gasteiger partial charge in [0.15, 0.2) is 0 Å². The molecule has 1 aliphatic heterocycles. The monoisotopic (exact) mass is 293 g/mol. The van der Waals surface area contributed by atoms with Gasteiger partial charge in [0, 0.05) is 18.4 Å². The van der Waals surface area contributed by atoms with Gasteiger partial charge in [-0.2, -0.15) is 0 Å². The average molecular weight is 293 g/mol. The molecule has 1 aromatic rings. The predicted molar refractivity (Wildman–Crippen MR) is 74.8 cm³/mol. The van der Waals surface area contributed by atoms with Crippen LogP contribution in [0.1, 0.15) is 30.9 Å². The Morgan fingerprint density at radius 1 is 1.48 bits per heavy atom. The lowest BCUT2D eigenvalue weighted by molar-refractivity contribution is -0.128. The van der Waals surface area contributed by atoms with E-state index in [1.807, 2.05) is 0 Å². The van der Waals surface area contributed by atoms with Gasteiger partial charge in [-0.1, -0.05) is 18.7 Å². The fraction of sp³-hybridized carbons (Fsp3) is 0.375. The summed E-state index contributed by atoms with van der Waals surface area (Å²) >= 11 is 0. The van der Waals surface area contributed by atoms with Crippen molar-refractivity contribution in [2.24, 2.45) is 0 Å². The Labute approximate surface area is 122 Å². The fourth-order valence-electron chi connectivity index (χ4n) is 2.58. The normalized spacial score (nSPS) is 21.3. The third-order valence-corrected chi connectivity index (χ3v) is 3.61. The molecule has 1 heterocycles. The molecule has 0 bridgehead atoms. The first-order valence-electron chi connectivity index (χ1n) is 6.85. The van der Waals surface area contributed by atoms with Crippen LogP contribution in [0.2, 0.25) is 0 Å². The number of carbonyl (C=O) groups is 2. The van der Waals surface area contributed by atoms with Crippen LogP contribution in [0.5, 0.6) is 0 Å². The summed E-state index contributed by atoms with van der Waals surface area (Å²) in [5.41, 5.74) is 0.851. The molecule has 3 nitrogen and oxygen atoms in total. The summed E-state index contributed by atoms with van der Waals surface area (Å²) in [5, 5.41) is 0. The lowest BCUT2D eigenvalue weighted by Gasteiger charge is -2.25. The lowest BCUT2D eigenvalue weighted by Crippen LogP contribution is -2.32. The average Bonchev–Trinajstić information content (AvgIpc) is 2.86. The first kappa shape index (κ1) is 15.4. The second-order valence-corrected chi connectivity index (χ2v) is 5.17. The number of hydrogen-bond donors (Lipinski definition) is 0. The third kappa shape index (κ3) is 3.54. The molecule has 1 amide bonds. The number of aldehydes is 1. The van der Waals surface area contributed by atoms with Crippen LogP contribution in [0.3, 0.4) is 0 Å². The summed E-state index contributed by atoms with van der Waals surface area (Å²) < 4.78 is 27.0. The summed E-state index contributed by atoms with van der Waals surface area (Å²) in [4.78, 5) is 24.1. The Morgan fingerprint density at radius 3 is 2.90 bits per heavy atom. The van der Waals surface area contributed by atoms with Crippen molar-refractivity contribution in [2.75, 3.05) is 6.54 Å². The molecule has 1 fully saturated rings. The highest BCUT2D eigenvalue weighted by atomic mass is 19.1. The maximum atomic E-state index is 13.7. The standard InChI is InChI=1S/C16H17F2NO2/c1-11(4-3-7-20)16(21)19-10-14(18)9-15(19)12-5-2-6-13(17)8-12/h2,5-8,14-15H,1,3-4,9-10H2. The number of hydrogen-bond acceptors (Lipinski definition) is 2. The van der Waals surface area contributed by atoms with Crippen molar-refractivity contribution in [1.29, 1.82) is 0 Å². The molecule has 0 N–H and O–H groups in total. The summed E-state index contributed by atoms with van der Waals surface area (Å²) in [6.45, 7) is 3.63. The number of likely N-dealkylation sites (tertiary alicyclic amines) is 1. The molecule has 1 aliphatic rings. The van der Waals surface area contributed by atoms with Gasteiger partial charge in [-0.15, -0.1) is 0 Å². The van der Waals surface area contributed by atoms with Crippen molar-refractivity contribution < 1.29 is 18.4 Å². The minimum atomic E-state index is -1.14. The van der Waals surface area contributed by atoms with Gasteiger partial charge < -0.3 is 9.69 Å². The molecule has 2 unspecified atom stereocenters. The molecule has 0 saturated carbocycles. The van der Waals surface area contributed by atoms with Gasteiger partial charge in [0.05, 0.1) is 12.6 Å². The van der Waals surface area contributed by atoms with Crippen LogP contribution >= 0.6 is 0 Å². The highest BCUT2D eigenvalue weighted by molar-refractivity contribution is 5.93. The first-order valence-corrected chi connectivity index (χ1v) is 6.85. The SMILES string of the molecule is C=C(CCC=O)C(=O)N1CC(F)CC1c1cccc(F)c1. The molecule has 21 heavy (non-hydrogen) atoms. The zero-order chi connectivity index (χ0) is 15.4. The Morgan fingerprint density at radius 2 is 2.24 bits per heavy atom. The highest BCUT2D eigenvalue weighted by Crippen LogP contribution is 2.35. The zero-order valence-electron chi connectivity index (χ0n) is 11.6. The maximum Gasteiger partial charge on any atom is 0.249 e. The predicted octanol–water partition coefficient (Wildman–Crippen LogP) is 2.97. The Bertz CT molecular complexity index is 559. The van der Waals surface area contributed by atoms with Crippen molar-refractivity contribution in [3.63, 3.8) is 0 Å². The molecule has 112 valence electrons. The molecule has 1 aromatic carbocycles. The fourth-order valence-corrected chi connectivity index (χ4v) is 2.58. The molecular formula is C16H17F2NO2. The van der Waals surface area contributed by atoms with Crippen LogP contribution in [-0.4, -0.2) is 29.8 Å². The second-order valence-electron chi connectivity index (χ2n) is 5.17. The van der Waals surface area contributed by atoms with Crippen LogP contribution in [0.25, 0.3) is 0 Å². The number of halogens is 2. The van der Waals surface area contributed by atoms with E-state index < -0.39 is 18.0 Å². The number of rotatable bonds is 5. The summed E-state index contributed by atoms with van der Waals surface area (Å²) in [5.74, 6) is -0.784.